The first kappa shape index (κ1) is 18.9. The number of nitrogens with zero attached hydrogens (tertiary/aromatic N) is 1. The molecule has 0 radical (unpaired) electrons. The zero-order valence-corrected chi connectivity index (χ0v) is 16.7. The van der Waals surface area contributed by atoms with E-state index in [2.05, 4.69) is 37.2 Å². The van der Waals surface area contributed by atoms with Crippen LogP contribution in [-0.4, -0.2) is 4.98 Å². The Kier molecular flexibility index (Phi) is 7.37. The second-order valence-electron chi connectivity index (χ2n) is 8.90. The molecule has 3 rings (SSSR count). The van der Waals surface area contributed by atoms with E-state index in [1.165, 1.54) is 88.3 Å². The van der Waals surface area contributed by atoms with Gasteiger partial charge >= 0.3 is 0 Å². The molecule has 25 heavy (non-hydrogen) atoms. The van der Waals surface area contributed by atoms with Gasteiger partial charge in [-0.15, -0.1) is 0 Å². The molecule has 0 saturated heterocycles. The van der Waals surface area contributed by atoms with Gasteiger partial charge in [0.1, 0.15) is 0 Å². The maximum absolute atomic E-state index is 4.64. The number of rotatable bonds is 7. The number of hydrogen-bond donors (Lipinski definition) is 0. The highest BCUT2D eigenvalue weighted by molar-refractivity contribution is 5.14. The summed E-state index contributed by atoms with van der Waals surface area (Å²) in [6.07, 6.45) is 20.7. The summed E-state index contributed by atoms with van der Waals surface area (Å²) in [5.41, 5.74) is 2.66. The third-order valence-electron chi connectivity index (χ3n) is 7.25. The molecule has 0 amide bonds. The summed E-state index contributed by atoms with van der Waals surface area (Å²) in [5.74, 6) is 4.14. The monoisotopic (exact) mass is 341 g/mol. The summed E-state index contributed by atoms with van der Waals surface area (Å²) in [7, 11) is 0. The first-order valence-corrected chi connectivity index (χ1v) is 11.2. The van der Waals surface area contributed by atoms with Crippen molar-refractivity contribution in [2.75, 3.05) is 0 Å². The molecule has 140 valence electrons. The van der Waals surface area contributed by atoms with Crippen LogP contribution in [0.2, 0.25) is 0 Å². The minimum atomic E-state index is 0.959. The lowest BCUT2D eigenvalue weighted by molar-refractivity contribution is 0.141. The van der Waals surface area contributed by atoms with Crippen molar-refractivity contribution in [2.24, 2.45) is 23.7 Å². The molecule has 1 aromatic rings. The molecule has 0 bridgehead atoms. The van der Waals surface area contributed by atoms with Crippen molar-refractivity contribution in [3.05, 3.63) is 29.6 Å². The lowest BCUT2D eigenvalue weighted by atomic mass is 9.68. The summed E-state index contributed by atoms with van der Waals surface area (Å²) in [6.45, 7) is 4.55. The summed E-state index contributed by atoms with van der Waals surface area (Å²) in [4.78, 5) is 4.64. The Bertz CT molecular complexity index is 475. The van der Waals surface area contributed by atoms with Crippen LogP contribution in [0.3, 0.4) is 0 Å². The standard InChI is InChI=1S/C24H39N/c1-3-5-20-6-12-22(13-7-20)23-14-8-21(9-15-23)11-17-24-16-10-19(4-2)18-25-24/h10,16,18,20-23H,3-9,11-15,17H2,1-2H3. The molecular weight excluding hydrogens is 302 g/mol. The first-order chi connectivity index (χ1) is 12.3. The van der Waals surface area contributed by atoms with Crippen molar-refractivity contribution < 1.29 is 0 Å². The zero-order valence-electron chi connectivity index (χ0n) is 16.7. The van der Waals surface area contributed by atoms with Crippen molar-refractivity contribution in [1.82, 2.24) is 4.98 Å². The van der Waals surface area contributed by atoms with Gasteiger partial charge < -0.3 is 0 Å². The van der Waals surface area contributed by atoms with Crippen molar-refractivity contribution in [3.63, 3.8) is 0 Å². The first-order valence-electron chi connectivity index (χ1n) is 11.2. The van der Waals surface area contributed by atoms with Gasteiger partial charge in [-0.3, -0.25) is 4.98 Å². The molecule has 1 aromatic heterocycles. The Morgan fingerprint density at radius 3 is 1.88 bits per heavy atom. The maximum atomic E-state index is 4.64. The van der Waals surface area contributed by atoms with Gasteiger partial charge in [0.25, 0.3) is 0 Å². The van der Waals surface area contributed by atoms with E-state index < -0.39 is 0 Å². The van der Waals surface area contributed by atoms with Gasteiger partial charge in [-0.1, -0.05) is 58.4 Å². The highest BCUT2D eigenvalue weighted by atomic mass is 14.7. The molecule has 0 aliphatic heterocycles. The molecular formula is C24H39N. The van der Waals surface area contributed by atoms with Crippen LogP contribution in [0.5, 0.6) is 0 Å². The average Bonchev–Trinajstić information content (AvgIpc) is 2.68. The molecule has 1 nitrogen and oxygen atoms in total. The summed E-state index contributed by atoms with van der Waals surface area (Å²) < 4.78 is 0. The third-order valence-corrected chi connectivity index (χ3v) is 7.25. The number of hydrogen-bond acceptors (Lipinski definition) is 1. The Morgan fingerprint density at radius 1 is 0.800 bits per heavy atom. The van der Waals surface area contributed by atoms with Gasteiger partial charge in [-0.25, -0.2) is 0 Å². The SMILES string of the molecule is CCCC1CCC(C2CCC(CCc3ccc(CC)cn3)CC2)CC1. The summed E-state index contributed by atoms with van der Waals surface area (Å²) >= 11 is 0. The van der Waals surface area contributed by atoms with E-state index in [1.807, 2.05) is 0 Å². The van der Waals surface area contributed by atoms with Gasteiger partial charge in [-0.2, -0.15) is 0 Å². The summed E-state index contributed by atoms with van der Waals surface area (Å²) in [6, 6.07) is 4.51. The van der Waals surface area contributed by atoms with E-state index in [9.17, 15) is 0 Å². The molecule has 2 fully saturated rings. The largest absolute Gasteiger partial charge is 0.261 e. The van der Waals surface area contributed by atoms with Gasteiger partial charge in [-0.05, 0) is 80.2 Å². The van der Waals surface area contributed by atoms with Gasteiger partial charge in [0.2, 0.25) is 0 Å². The second kappa shape index (κ2) is 9.74. The molecule has 2 aliphatic carbocycles. The molecule has 2 saturated carbocycles. The van der Waals surface area contributed by atoms with E-state index in [4.69, 9.17) is 0 Å². The van der Waals surface area contributed by atoms with Gasteiger partial charge in [0, 0.05) is 11.9 Å². The van der Waals surface area contributed by atoms with E-state index in [1.54, 1.807) is 0 Å². The predicted molar refractivity (Wildman–Crippen MR) is 108 cm³/mol. The highest BCUT2D eigenvalue weighted by Crippen LogP contribution is 2.42. The van der Waals surface area contributed by atoms with E-state index in [0.717, 1.165) is 30.1 Å². The Morgan fingerprint density at radius 2 is 1.40 bits per heavy atom. The predicted octanol–water partition coefficient (Wildman–Crippen LogP) is 6.99. The topological polar surface area (TPSA) is 12.9 Å². The number of aryl methyl sites for hydroxylation is 2. The summed E-state index contributed by atoms with van der Waals surface area (Å²) in [5, 5.41) is 0. The van der Waals surface area contributed by atoms with Crippen LogP contribution >= 0.6 is 0 Å². The van der Waals surface area contributed by atoms with Gasteiger partial charge in [0.05, 0.1) is 0 Å². The van der Waals surface area contributed by atoms with Crippen molar-refractivity contribution in [3.8, 4) is 0 Å². The van der Waals surface area contributed by atoms with E-state index in [0.29, 0.717) is 0 Å². The second-order valence-corrected chi connectivity index (χ2v) is 8.90. The maximum Gasteiger partial charge on any atom is 0.0403 e. The lowest BCUT2D eigenvalue weighted by Crippen LogP contribution is -2.26. The van der Waals surface area contributed by atoms with Crippen molar-refractivity contribution >= 4 is 0 Å². The third kappa shape index (κ3) is 5.56. The molecule has 0 atom stereocenters. The normalized spacial score (nSPS) is 30.3. The smallest absolute Gasteiger partial charge is 0.0403 e. The highest BCUT2D eigenvalue weighted by Gasteiger charge is 2.30. The van der Waals surface area contributed by atoms with Crippen LogP contribution in [0.25, 0.3) is 0 Å². The quantitative estimate of drug-likeness (QED) is 0.521. The molecule has 0 aromatic carbocycles. The van der Waals surface area contributed by atoms with Crippen LogP contribution in [0.4, 0.5) is 0 Å². The molecule has 0 unspecified atom stereocenters. The molecule has 0 spiro atoms. The minimum absolute atomic E-state index is 0.959. The number of aromatic nitrogens is 1. The van der Waals surface area contributed by atoms with Crippen LogP contribution in [-0.2, 0) is 12.8 Å². The Labute approximate surface area is 156 Å². The van der Waals surface area contributed by atoms with Crippen LogP contribution in [0.1, 0.15) is 95.7 Å². The molecule has 1 heterocycles. The van der Waals surface area contributed by atoms with Gasteiger partial charge in [0.15, 0.2) is 0 Å². The fraction of sp³-hybridized carbons (Fsp3) is 0.792. The number of pyridine rings is 1. The molecule has 1 heteroatoms. The molecule has 2 aliphatic rings. The van der Waals surface area contributed by atoms with Crippen LogP contribution in [0, 0.1) is 23.7 Å². The minimum Gasteiger partial charge on any atom is -0.261 e. The fourth-order valence-corrected chi connectivity index (χ4v) is 5.47. The van der Waals surface area contributed by atoms with Crippen LogP contribution in [0.15, 0.2) is 18.3 Å². The van der Waals surface area contributed by atoms with E-state index >= 15 is 0 Å². The Balaban J connectivity index is 1.36. The van der Waals surface area contributed by atoms with Crippen LogP contribution < -0.4 is 0 Å². The fourth-order valence-electron chi connectivity index (χ4n) is 5.47. The Hall–Kier alpha value is -0.850. The van der Waals surface area contributed by atoms with Crippen molar-refractivity contribution in [2.45, 2.75) is 97.3 Å². The zero-order chi connectivity index (χ0) is 17.5. The van der Waals surface area contributed by atoms with Crippen molar-refractivity contribution in [1.29, 1.82) is 0 Å². The van der Waals surface area contributed by atoms with E-state index in [-0.39, 0.29) is 0 Å². The molecule has 0 N–H and O–H groups in total. The lowest BCUT2D eigenvalue weighted by Gasteiger charge is -2.38. The average molecular weight is 342 g/mol.